The number of benzene rings is 4. The van der Waals surface area contributed by atoms with E-state index in [0.29, 0.717) is 22.7 Å². The molecule has 0 radical (unpaired) electrons. The summed E-state index contributed by atoms with van der Waals surface area (Å²) in [7, 11) is -9.89. The van der Waals surface area contributed by atoms with E-state index in [9.17, 15) is 19.2 Å². The lowest BCUT2D eigenvalue weighted by Gasteiger charge is -2.17. The second-order valence-electron chi connectivity index (χ2n) is 16.0. The number of rotatable bonds is 7. The van der Waals surface area contributed by atoms with Crippen molar-refractivity contribution in [2.45, 2.75) is 0 Å². The molecule has 30 heteroatoms. The van der Waals surface area contributed by atoms with E-state index in [2.05, 4.69) is 54.2 Å². The number of pyridine rings is 6. The normalized spacial score (nSPS) is 9.50. The highest BCUT2D eigenvalue weighted by Gasteiger charge is 2.03. The lowest BCUT2D eigenvalue weighted by Crippen LogP contribution is -2.68. The number of hydrogen-bond donors (Lipinski definition) is 8. The van der Waals surface area contributed by atoms with E-state index in [0.717, 1.165) is 0 Å². The van der Waals surface area contributed by atoms with Crippen molar-refractivity contribution in [1.82, 2.24) is 19.9 Å². The minimum Gasteiger partial charge on any atom is -0.478 e. The zero-order valence-corrected chi connectivity index (χ0v) is 47.1. The van der Waals surface area contributed by atoms with E-state index in [1.165, 1.54) is 81.9 Å². The molecule has 6 aromatic heterocycles. The lowest BCUT2D eigenvalue weighted by atomic mass is 10.1. The molecule has 0 amide bonds. The van der Waals surface area contributed by atoms with Crippen LogP contribution in [0.15, 0.2) is 244 Å². The van der Waals surface area contributed by atoms with Crippen LogP contribution in [0.1, 0.15) is 41.4 Å². The van der Waals surface area contributed by atoms with E-state index in [1.54, 1.807) is 98.1 Å². The number of nitrogens with one attached hydrogen (secondary N) is 2. The summed E-state index contributed by atoms with van der Waals surface area (Å²) in [6.45, 7) is 0. The smallest absolute Gasteiger partial charge is 0.335 e. The molecule has 28 nitrogen and oxygen atoms in total. The first kappa shape index (κ1) is 77.0. The van der Waals surface area contributed by atoms with Crippen LogP contribution in [-0.4, -0.2) is 75.2 Å². The fourth-order valence-corrected chi connectivity index (χ4v) is 5.84. The summed E-state index contributed by atoms with van der Waals surface area (Å²) in [5, 5.41) is 33.7. The molecule has 10 rings (SSSR count). The molecule has 4 aromatic carbocycles. The van der Waals surface area contributed by atoms with Gasteiger partial charge in [-0.15, -0.1) is 20.5 Å². The Morgan fingerprint density at radius 2 is 0.420 bits per heavy atom. The zero-order chi connectivity index (χ0) is 63.9. The largest absolute Gasteiger partial charge is 0.478 e. The third-order valence-corrected chi connectivity index (χ3v) is 9.79. The number of nitrogens with zero attached hydrogens (tertiary/aromatic N) is 4. The van der Waals surface area contributed by atoms with Crippen LogP contribution in [0.2, 0.25) is 0 Å². The number of H-pyrrole nitrogens is 2. The Labute approximate surface area is 505 Å². The molecule has 10 aromatic rings. The standard InChI is InChI=1S/3C10H8N2.4C7H7NO2.2ClHO4.2H2O/c3*1-5-11-6-2-9(1)10-3-7-12-8-4-10;4*8-6-3-1-5(2-4-6)7(9)10;2*2-1(3,4)5;;/h3*1-8H;4*1-4H,8H2,(H,9,10);2*(H,2,3,4,5);2*1H2. The molecule has 0 aliphatic carbocycles. The minimum absolute atomic E-state index is 0. The van der Waals surface area contributed by atoms with Crippen LogP contribution in [0.3, 0.4) is 0 Å². The number of nitrogen functional groups attached to an aromatic ring is 4. The van der Waals surface area contributed by atoms with Crippen molar-refractivity contribution in [1.29, 1.82) is 0 Å². The molecule has 0 bridgehead atoms. The Balaban J connectivity index is 0.000000976. The SMILES string of the molecule is Nc1ccc(C(=O)O)cc1.Nc1ccc(C(=O)O)cc1.Nc1ccc(C(=O)O)cc1.Nc1ccc(C(=O)O)cc1.O.O.[O-][Cl+3]([O-])([O-])[O-].[O-][Cl+3]([O-])([O-])[O-].c1cc(-c2cc[nH+]cc2)cc[nH+]1.c1cc(-c2ccncc2)ccn1.c1cc(-c2ccncc2)ccn1. The summed E-state index contributed by atoms with van der Waals surface area (Å²) in [6, 6.07) is 48.3. The fourth-order valence-electron chi connectivity index (χ4n) is 5.84. The maximum absolute atomic E-state index is 10.3. The summed E-state index contributed by atoms with van der Waals surface area (Å²) in [4.78, 5) is 62.9. The summed E-state index contributed by atoms with van der Waals surface area (Å²) >= 11 is 0. The van der Waals surface area contributed by atoms with Crippen LogP contribution in [0.25, 0.3) is 33.4 Å². The molecule has 0 unspecified atom stereocenters. The van der Waals surface area contributed by atoms with E-state index < -0.39 is 44.4 Å². The predicted molar refractivity (Wildman–Crippen MR) is 298 cm³/mol. The van der Waals surface area contributed by atoms with Gasteiger partial charge in [0.25, 0.3) is 0 Å². The molecule has 0 aliphatic heterocycles. The van der Waals surface area contributed by atoms with Gasteiger partial charge in [0.2, 0.25) is 0 Å². The third kappa shape index (κ3) is 37.3. The number of halogens is 2. The van der Waals surface area contributed by atoms with Crippen LogP contribution in [0.4, 0.5) is 22.7 Å². The molecule has 6 heterocycles. The molecule has 0 saturated heterocycles. The van der Waals surface area contributed by atoms with Crippen LogP contribution in [0, 0.1) is 20.5 Å². The van der Waals surface area contributed by atoms with Gasteiger partial charge in [0, 0.05) is 96.6 Å². The average molecular weight is 1250 g/mol. The molecule has 0 atom stereocenters. The van der Waals surface area contributed by atoms with Crippen molar-refractivity contribution in [2.24, 2.45) is 0 Å². The topological polar surface area (TPSA) is 581 Å². The molecule has 0 saturated carbocycles. The van der Waals surface area contributed by atoms with Crippen LogP contribution >= 0.6 is 0 Å². The molecule has 88 heavy (non-hydrogen) atoms. The number of aromatic amines is 2. The van der Waals surface area contributed by atoms with Gasteiger partial charge in [-0.2, -0.15) is 0 Å². The molecule has 462 valence electrons. The Hall–Kier alpha value is -11.0. The first-order valence-electron chi connectivity index (χ1n) is 23.8. The number of hydrogen-bond acceptors (Lipinski definition) is 20. The summed E-state index contributed by atoms with van der Waals surface area (Å²) < 4.78 is 67.9. The molecule has 0 spiro atoms. The first-order valence-corrected chi connectivity index (χ1v) is 26.3. The van der Waals surface area contributed by atoms with Crippen molar-refractivity contribution >= 4 is 46.6 Å². The van der Waals surface area contributed by atoms with Crippen molar-refractivity contribution in [2.75, 3.05) is 22.9 Å². The Kier molecular flexibility index (Phi) is 36.7. The summed E-state index contributed by atoms with van der Waals surface area (Å²) in [6.07, 6.45) is 22.0. The summed E-state index contributed by atoms with van der Waals surface area (Å²) in [5.41, 5.74) is 31.8. The van der Waals surface area contributed by atoms with Gasteiger partial charge >= 0.3 is 23.9 Å². The highest BCUT2D eigenvalue weighted by Crippen LogP contribution is 2.18. The Morgan fingerprint density at radius 1 is 0.284 bits per heavy atom. The lowest BCUT2D eigenvalue weighted by molar-refractivity contribution is -2.00. The molecule has 0 aliphatic rings. The second-order valence-corrected chi connectivity index (χ2v) is 17.5. The van der Waals surface area contributed by atoms with E-state index >= 15 is 0 Å². The van der Waals surface area contributed by atoms with Gasteiger partial charge in [0.15, 0.2) is 24.8 Å². The third-order valence-electron chi connectivity index (χ3n) is 9.79. The number of anilines is 4. The number of carboxylic acid groups (broad SMARTS) is 4. The number of nitrogens with two attached hydrogens (primary N) is 4. The van der Waals surface area contributed by atoms with Gasteiger partial charge < -0.3 is 54.3 Å². The highest BCUT2D eigenvalue weighted by molar-refractivity contribution is 5.89. The maximum Gasteiger partial charge on any atom is 0.335 e. The number of carbonyl (C=O) groups is 4. The number of aromatic carboxylic acids is 4. The highest BCUT2D eigenvalue weighted by atomic mass is 35.7. The van der Waals surface area contributed by atoms with Gasteiger partial charge in [0.1, 0.15) is 0 Å². The van der Waals surface area contributed by atoms with Gasteiger partial charge in [0.05, 0.1) is 22.3 Å². The predicted octanol–water partition coefficient (Wildman–Crippen LogP) is -2.02. The fraction of sp³-hybridized carbons (Fsp3) is 0. The van der Waals surface area contributed by atoms with Crippen molar-refractivity contribution in [3.05, 3.63) is 266 Å². The quantitative estimate of drug-likeness (QED) is 0.0798. The average Bonchev–Trinajstić information content (AvgIpc) is 3.54. The van der Waals surface area contributed by atoms with Gasteiger partial charge in [-0.05, 0) is 179 Å². The van der Waals surface area contributed by atoms with Crippen LogP contribution in [0.5, 0.6) is 0 Å². The number of carboxylic acids is 4. The zero-order valence-electron chi connectivity index (χ0n) is 45.6. The minimum atomic E-state index is -4.94. The maximum atomic E-state index is 10.3. The summed E-state index contributed by atoms with van der Waals surface area (Å²) in [5.74, 6) is -3.72. The van der Waals surface area contributed by atoms with Gasteiger partial charge in [-0.25, -0.2) is 66.4 Å². The molecule has 0 fully saturated rings. The van der Waals surface area contributed by atoms with Crippen molar-refractivity contribution in [3.8, 4) is 33.4 Å². The van der Waals surface area contributed by atoms with E-state index in [-0.39, 0.29) is 33.2 Å². The van der Waals surface area contributed by atoms with Gasteiger partial charge in [-0.3, -0.25) is 19.9 Å². The number of aromatic nitrogens is 6. The first-order chi connectivity index (χ1) is 40.7. The molecule has 18 N–H and O–H groups in total. The van der Waals surface area contributed by atoms with Crippen LogP contribution in [-0.2, 0) is 0 Å². The Morgan fingerprint density at radius 3 is 0.557 bits per heavy atom. The van der Waals surface area contributed by atoms with E-state index in [1.807, 2.05) is 73.3 Å². The van der Waals surface area contributed by atoms with E-state index in [4.69, 9.17) is 80.6 Å². The molecular formula is C58H58Cl2N10O18. The van der Waals surface area contributed by atoms with Crippen LogP contribution < -0.4 is 70.2 Å². The molecular weight excluding hydrogens is 1200 g/mol. The second kappa shape index (κ2) is 41.9. The van der Waals surface area contributed by atoms with Crippen molar-refractivity contribution in [3.63, 3.8) is 0 Å². The Bertz CT molecular complexity index is 2950. The van der Waals surface area contributed by atoms with Gasteiger partial charge in [-0.1, -0.05) is 0 Å². The monoisotopic (exact) mass is 1250 g/mol. The van der Waals surface area contributed by atoms with Crippen molar-refractivity contribution < 1.29 is 118 Å².